The number of carbonyl (C=O) groups is 3. The molecule has 3 atom stereocenters. The van der Waals surface area contributed by atoms with Gasteiger partial charge in [-0.15, -0.1) is 0 Å². The molecule has 8 heteroatoms. The Morgan fingerprint density at radius 1 is 0.929 bits per heavy atom. The molecule has 42 heavy (non-hydrogen) atoms. The molecule has 2 rings (SSSR count). The Balaban J connectivity index is 2.65. The molecule has 2 N–H and O–H groups in total. The molecule has 0 aliphatic rings. The number of thioether (sulfide) groups is 1. The zero-order valence-electron chi connectivity index (χ0n) is 27.2. The summed E-state index contributed by atoms with van der Waals surface area (Å²) in [4.78, 5) is 43.5. The number of ether oxygens (including phenoxy) is 1. The molecular formula is C34H51N3O4S. The quantitative estimate of drug-likeness (QED) is 0.248. The van der Waals surface area contributed by atoms with Crippen molar-refractivity contribution in [1.82, 2.24) is 10.2 Å². The van der Waals surface area contributed by atoms with Crippen LogP contribution in [0.3, 0.4) is 0 Å². The predicted octanol–water partition coefficient (Wildman–Crippen LogP) is 7.59. The largest absolute Gasteiger partial charge is 0.444 e. The van der Waals surface area contributed by atoms with E-state index in [2.05, 4.69) is 24.5 Å². The van der Waals surface area contributed by atoms with Crippen LogP contribution in [-0.4, -0.2) is 52.5 Å². The fourth-order valence-corrected chi connectivity index (χ4v) is 5.39. The molecule has 232 valence electrons. The number of para-hydroxylation sites is 1. The molecule has 3 unspecified atom stereocenters. The molecule has 0 bridgehead atoms. The van der Waals surface area contributed by atoms with E-state index in [1.807, 2.05) is 76.4 Å². The third kappa shape index (κ3) is 10.7. The molecule has 2 aromatic carbocycles. The number of rotatable bonds is 13. The lowest BCUT2D eigenvalue weighted by atomic mass is 9.95. The lowest BCUT2D eigenvalue weighted by Gasteiger charge is -2.39. The molecule has 0 radical (unpaired) electrons. The second-order valence-electron chi connectivity index (χ2n) is 12.6. The van der Waals surface area contributed by atoms with Gasteiger partial charge in [-0.05, 0) is 102 Å². The van der Waals surface area contributed by atoms with Gasteiger partial charge < -0.3 is 20.3 Å². The molecule has 0 saturated heterocycles. The van der Waals surface area contributed by atoms with Crippen molar-refractivity contribution < 1.29 is 19.1 Å². The molecular weight excluding hydrogens is 546 g/mol. The standard InChI is InChI=1S/C34H51N3O4S/c1-22(2)17-18-26(6)37(32(39)28(19-20-42-10)35-33(40)41-34(7,8)9)30(27-16-11-13-23(3)21-27)31(38)36-29-24(4)14-12-15-25(29)5/h11-16,21-22,26,28,30H,17-20H2,1-10H3,(H,35,40)(H,36,38). The van der Waals surface area contributed by atoms with Gasteiger partial charge in [-0.25, -0.2) is 4.79 Å². The van der Waals surface area contributed by atoms with Gasteiger partial charge in [0, 0.05) is 11.7 Å². The molecule has 0 heterocycles. The van der Waals surface area contributed by atoms with Crippen molar-refractivity contribution in [2.75, 3.05) is 17.3 Å². The topological polar surface area (TPSA) is 87.7 Å². The van der Waals surface area contributed by atoms with Crippen molar-refractivity contribution >= 4 is 35.4 Å². The first-order chi connectivity index (χ1) is 19.6. The van der Waals surface area contributed by atoms with E-state index in [1.165, 1.54) is 0 Å². The summed E-state index contributed by atoms with van der Waals surface area (Å²) in [6, 6.07) is 11.6. The van der Waals surface area contributed by atoms with E-state index in [9.17, 15) is 14.4 Å². The van der Waals surface area contributed by atoms with Crippen LogP contribution in [0.4, 0.5) is 10.5 Å². The summed E-state index contributed by atoms with van der Waals surface area (Å²) in [5.74, 6) is 0.500. The Hall–Kier alpha value is -3.00. The highest BCUT2D eigenvalue weighted by Gasteiger charge is 2.39. The molecule has 0 fully saturated rings. The van der Waals surface area contributed by atoms with Crippen LogP contribution in [0.1, 0.15) is 89.1 Å². The number of carbonyl (C=O) groups excluding carboxylic acids is 3. The monoisotopic (exact) mass is 597 g/mol. The van der Waals surface area contributed by atoms with Crippen molar-refractivity contribution in [3.8, 4) is 0 Å². The Kier molecular flexibility index (Phi) is 13.4. The van der Waals surface area contributed by atoms with Gasteiger partial charge in [-0.2, -0.15) is 11.8 Å². The molecule has 2 aromatic rings. The Labute approximate surface area is 257 Å². The normalized spacial score (nSPS) is 13.7. The van der Waals surface area contributed by atoms with Crippen molar-refractivity contribution in [3.63, 3.8) is 0 Å². The first-order valence-electron chi connectivity index (χ1n) is 14.9. The smallest absolute Gasteiger partial charge is 0.408 e. The van der Waals surface area contributed by atoms with Crippen LogP contribution in [0.15, 0.2) is 42.5 Å². The molecule has 0 saturated carbocycles. The van der Waals surface area contributed by atoms with Gasteiger partial charge in [0.25, 0.3) is 5.91 Å². The number of amides is 3. The van der Waals surface area contributed by atoms with Crippen molar-refractivity contribution in [3.05, 3.63) is 64.7 Å². The zero-order chi connectivity index (χ0) is 31.6. The van der Waals surface area contributed by atoms with E-state index in [-0.39, 0.29) is 17.9 Å². The van der Waals surface area contributed by atoms with E-state index in [1.54, 1.807) is 37.4 Å². The Bertz CT molecular complexity index is 1190. The number of hydrogen-bond acceptors (Lipinski definition) is 5. The SMILES string of the molecule is CSCCC(NC(=O)OC(C)(C)C)C(=O)N(C(C)CCC(C)C)C(C(=O)Nc1c(C)cccc1C)c1cccc(C)c1. The van der Waals surface area contributed by atoms with E-state index in [0.29, 0.717) is 24.5 Å². The minimum atomic E-state index is -0.907. The Morgan fingerprint density at radius 2 is 1.55 bits per heavy atom. The summed E-state index contributed by atoms with van der Waals surface area (Å²) in [5.41, 5.74) is 3.64. The van der Waals surface area contributed by atoms with Crippen LogP contribution in [0.25, 0.3) is 0 Å². The highest BCUT2D eigenvalue weighted by molar-refractivity contribution is 7.98. The van der Waals surface area contributed by atoms with Crippen molar-refractivity contribution in [2.24, 2.45) is 5.92 Å². The van der Waals surface area contributed by atoms with Crippen LogP contribution in [0, 0.1) is 26.7 Å². The van der Waals surface area contributed by atoms with Crippen LogP contribution >= 0.6 is 11.8 Å². The first-order valence-corrected chi connectivity index (χ1v) is 16.3. The molecule has 7 nitrogen and oxygen atoms in total. The maximum absolute atomic E-state index is 14.6. The fraction of sp³-hybridized carbons (Fsp3) is 0.559. The molecule has 0 aliphatic heterocycles. The third-order valence-corrected chi connectivity index (χ3v) is 7.75. The van der Waals surface area contributed by atoms with Gasteiger partial charge in [0.1, 0.15) is 17.7 Å². The average molecular weight is 598 g/mol. The van der Waals surface area contributed by atoms with Gasteiger partial charge in [-0.3, -0.25) is 9.59 Å². The number of benzene rings is 2. The van der Waals surface area contributed by atoms with Crippen molar-refractivity contribution in [1.29, 1.82) is 0 Å². The minimum absolute atomic E-state index is 0.272. The zero-order valence-corrected chi connectivity index (χ0v) is 28.0. The molecule has 0 aromatic heterocycles. The predicted molar refractivity (Wildman–Crippen MR) is 175 cm³/mol. The summed E-state index contributed by atoms with van der Waals surface area (Å²) < 4.78 is 5.52. The average Bonchev–Trinajstić information content (AvgIpc) is 2.88. The first kappa shape index (κ1) is 35.2. The molecule has 0 aliphatic carbocycles. The second kappa shape index (κ2) is 16.0. The van der Waals surface area contributed by atoms with Crippen LogP contribution in [0.5, 0.6) is 0 Å². The van der Waals surface area contributed by atoms with Crippen molar-refractivity contribution in [2.45, 2.75) is 105 Å². The minimum Gasteiger partial charge on any atom is -0.444 e. The highest BCUT2D eigenvalue weighted by Crippen LogP contribution is 2.31. The molecule has 3 amide bonds. The number of nitrogens with one attached hydrogen (secondary N) is 2. The van der Waals surface area contributed by atoms with E-state index >= 15 is 0 Å². The van der Waals surface area contributed by atoms with Gasteiger partial charge in [-0.1, -0.05) is 61.9 Å². The lowest BCUT2D eigenvalue weighted by Crippen LogP contribution is -2.55. The number of nitrogens with zero attached hydrogens (tertiary/aromatic N) is 1. The number of alkyl carbamates (subject to hydrolysis) is 1. The number of anilines is 1. The second-order valence-corrected chi connectivity index (χ2v) is 13.6. The summed E-state index contributed by atoms with van der Waals surface area (Å²) in [7, 11) is 0. The van der Waals surface area contributed by atoms with E-state index < -0.39 is 23.8 Å². The van der Waals surface area contributed by atoms with Gasteiger partial charge >= 0.3 is 6.09 Å². The van der Waals surface area contributed by atoms with E-state index in [4.69, 9.17) is 4.74 Å². The van der Waals surface area contributed by atoms with E-state index in [0.717, 1.165) is 34.4 Å². The number of hydrogen-bond donors (Lipinski definition) is 2. The van der Waals surface area contributed by atoms with Gasteiger partial charge in [0.2, 0.25) is 5.91 Å². The van der Waals surface area contributed by atoms with Crippen LogP contribution in [0.2, 0.25) is 0 Å². The maximum Gasteiger partial charge on any atom is 0.408 e. The maximum atomic E-state index is 14.6. The summed E-state index contributed by atoms with van der Waals surface area (Å²) in [5, 5.41) is 5.99. The van der Waals surface area contributed by atoms with Crippen LogP contribution < -0.4 is 10.6 Å². The lowest BCUT2D eigenvalue weighted by molar-refractivity contribution is -0.143. The highest BCUT2D eigenvalue weighted by atomic mass is 32.2. The summed E-state index contributed by atoms with van der Waals surface area (Å²) >= 11 is 1.60. The van der Waals surface area contributed by atoms with Gasteiger partial charge in [0.15, 0.2) is 0 Å². The number of aryl methyl sites for hydroxylation is 3. The Morgan fingerprint density at radius 3 is 2.10 bits per heavy atom. The summed E-state index contributed by atoms with van der Waals surface area (Å²) in [6.07, 6.45) is 3.32. The molecule has 0 spiro atoms. The van der Waals surface area contributed by atoms with Gasteiger partial charge in [0.05, 0.1) is 0 Å². The fourth-order valence-electron chi connectivity index (χ4n) is 4.92. The third-order valence-electron chi connectivity index (χ3n) is 7.10. The summed E-state index contributed by atoms with van der Waals surface area (Å²) in [6.45, 7) is 17.6. The van der Waals surface area contributed by atoms with Crippen LogP contribution in [-0.2, 0) is 14.3 Å².